The first-order chi connectivity index (χ1) is 10.3. The quantitative estimate of drug-likeness (QED) is 0.774. The van der Waals surface area contributed by atoms with Gasteiger partial charge in [0, 0.05) is 30.9 Å². The number of hydrogen-bond acceptors (Lipinski definition) is 2. The molecule has 0 aliphatic carbocycles. The number of pyridine rings is 1. The molecule has 108 valence electrons. The van der Waals surface area contributed by atoms with Crippen molar-refractivity contribution < 1.29 is 0 Å². The lowest BCUT2D eigenvalue weighted by Crippen LogP contribution is -2.11. The number of fused-ring (bicyclic) bond motifs is 1. The van der Waals surface area contributed by atoms with E-state index in [2.05, 4.69) is 65.2 Å². The van der Waals surface area contributed by atoms with E-state index in [1.807, 2.05) is 12.3 Å². The monoisotopic (exact) mass is 279 g/mol. The van der Waals surface area contributed by atoms with Gasteiger partial charge in [0.05, 0.1) is 0 Å². The molecule has 3 nitrogen and oxygen atoms in total. The maximum atomic E-state index is 4.56. The van der Waals surface area contributed by atoms with Crippen LogP contribution in [0.1, 0.15) is 23.6 Å². The van der Waals surface area contributed by atoms with E-state index in [4.69, 9.17) is 0 Å². The minimum atomic E-state index is 0.861. The highest BCUT2D eigenvalue weighted by Crippen LogP contribution is 2.20. The van der Waals surface area contributed by atoms with Crippen molar-refractivity contribution in [3.63, 3.8) is 0 Å². The van der Waals surface area contributed by atoms with Crippen LogP contribution in [0.5, 0.6) is 0 Å². The fourth-order valence-corrected chi connectivity index (χ4v) is 2.61. The molecule has 3 rings (SSSR count). The number of nitrogens with zero attached hydrogens (tertiary/aromatic N) is 2. The molecule has 2 aromatic heterocycles. The molecule has 0 spiro atoms. The molecule has 3 heteroatoms. The topological polar surface area (TPSA) is 29.9 Å². The average Bonchev–Trinajstić information content (AvgIpc) is 2.86. The molecule has 0 amide bonds. The van der Waals surface area contributed by atoms with Crippen molar-refractivity contribution in [2.45, 2.75) is 26.9 Å². The number of rotatable bonds is 5. The second kappa shape index (κ2) is 6.10. The largest absolute Gasteiger partial charge is 0.328 e. The molecule has 0 unspecified atom stereocenters. The zero-order valence-electron chi connectivity index (χ0n) is 12.6. The normalized spacial score (nSPS) is 11.1. The molecule has 0 saturated carbocycles. The molecule has 0 aliphatic heterocycles. The Morgan fingerprint density at radius 1 is 1.14 bits per heavy atom. The van der Waals surface area contributed by atoms with Crippen LogP contribution >= 0.6 is 0 Å². The Kier molecular flexibility index (Phi) is 4.02. The van der Waals surface area contributed by atoms with Crippen LogP contribution in [0.15, 0.2) is 48.8 Å². The summed E-state index contributed by atoms with van der Waals surface area (Å²) >= 11 is 0. The third kappa shape index (κ3) is 2.98. The summed E-state index contributed by atoms with van der Waals surface area (Å²) in [5.41, 5.74) is 4.97. The number of benzene rings is 1. The summed E-state index contributed by atoms with van der Waals surface area (Å²) in [4.78, 5) is 4.56. The average molecular weight is 279 g/mol. The van der Waals surface area contributed by atoms with Crippen LogP contribution in [0.25, 0.3) is 11.0 Å². The van der Waals surface area contributed by atoms with Crippen molar-refractivity contribution in [3.8, 4) is 0 Å². The smallest absolute Gasteiger partial charge is 0.140 e. The highest BCUT2D eigenvalue weighted by molar-refractivity contribution is 5.80. The first-order valence-corrected chi connectivity index (χ1v) is 7.47. The van der Waals surface area contributed by atoms with Gasteiger partial charge in [-0.2, -0.15) is 0 Å². The summed E-state index contributed by atoms with van der Waals surface area (Å²) in [7, 11) is 0. The van der Waals surface area contributed by atoms with Gasteiger partial charge in [-0.05, 0) is 36.7 Å². The van der Waals surface area contributed by atoms with Gasteiger partial charge in [-0.3, -0.25) is 0 Å². The van der Waals surface area contributed by atoms with E-state index in [9.17, 15) is 0 Å². The number of aromatic nitrogens is 2. The van der Waals surface area contributed by atoms with Crippen molar-refractivity contribution in [2.75, 3.05) is 6.54 Å². The zero-order chi connectivity index (χ0) is 14.7. The SMILES string of the molecule is CCNCc1cn(Cc2ccc(C)cc2)c2ncccc12. The lowest BCUT2D eigenvalue weighted by atomic mass is 10.1. The number of hydrogen-bond donors (Lipinski definition) is 1. The van der Waals surface area contributed by atoms with E-state index >= 15 is 0 Å². The summed E-state index contributed by atoms with van der Waals surface area (Å²) in [6.45, 7) is 6.97. The Morgan fingerprint density at radius 2 is 1.95 bits per heavy atom. The Labute approximate surface area is 125 Å². The minimum Gasteiger partial charge on any atom is -0.328 e. The second-order valence-electron chi connectivity index (χ2n) is 5.42. The van der Waals surface area contributed by atoms with E-state index in [1.54, 1.807) is 0 Å². The van der Waals surface area contributed by atoms with Crippen LogP contribution < -0.4 is 5.32 Å². The van der Waals surface area contributed by atoms with Crippen LogP contribution in [0, 0.1) is 6.92 Å². The maximum Gasteiger partial charge on any atom is 0.140 e. The van der Waals surface area contributed by atoms with Gasteiger partial charge < -0.3 is 9.88 Å². The second-order valence-corrected chi connectivity index (χ2v) is 5.42. The predicted octanol–water partition coefficient (Wildman–Crippen LogP) is 3.50. The lowest BCUT2D eigenvalue weighted by Gasteiger charge is -2.05. The summed E-state index contributed by atoms with van der Waals surface area (Å²) in [6.07, 6.45) is 4.09. The highest BCUT2D eigenvalue weighted by atomic mass is 15.0. The maximum absolute atomic E-state index is 4.56. The van der Waals surface area contributed by atoms with Gasteiger partial charge in [0.1, 0.15) is 5.65 Å². The van der Waals surface area contributed by atoms with Crippen LogP contribution in [0.3, 0.4) is 0 Å². The van der Waals surface area contributed by atoms with Crippen LogP contribution in [0.2, 0.25) is 0 Å². The molecule has 3 aromatic rings. The Balaban J connectivity index is 1.96. The molecule has 1 N–H and O–H groups in total. The standard InChI is InChI=1S/C18H21N3/c1-3-19-11-16-13-21(18-17(16)5-4-10-20-18)12-15-8-6-14(2)7-9-15/h4-10,13,19H,3,11-12H2,1-2H3. The molecule has 0 saturated heterocycles. The van der Waals surface area contributed by atoms with Crippen LogP contribution in [-0.4, -0.2) is 16.1 Å². The molecule has 0 bridgehead atoms. The molecule has 0 atom stereocenters. The third-order valence-electron chi connectivity index (χ3n) is 3.76. The molecular formula is C18H21N3. The van der Waals surface area contributed by atoms with E-state index in [0.717, 1.165) is 25.3 Å². The van der Waals surface area contributed by atoms with Crippen molar-refractivity contribution in [2.24, 2.45) is 0 Å². The molecule has 0 aliphatic rings. The highest BCUT2D eigenvalue weighted by Gasteiger charge is 2.09. The van der Waals surface area contributed by atoms with E-state index < -0.39 is 0 Å². The Morgan fingerprint density at radius 3 is 2.71 bits per heavy atom. The van der Waals surface area contributed by atoms with Crippen molar-refractivity contribution >= 4 is 11.0 Å². The zero-order valence-corrected chi connectivity index (χ0v) is 12.6. The van der Waals surface area contributed by atoms with E-state index in [1.165, 1.54) is 22.1 Å². The van der Waals surface area contributed by atoms with Crippen molar-refractivity contribution in [3.05, 3.63) is 65.5 Å². The molecule has 0 radical (unpaired) electrons. The summed E-state index contributed by atoms with van der Waals surface area (Å²) < 4.78 is 2.24. The van der Waals surface area contributed by atoms with Gasteiger partial charge in [0.25, 0.3) is 0 Å². The molecule has 0 fully saturated rings. The van der Waals surface area contributed by atoms with Crippen molar-refractivity contribution in [1.29, 1.82) is 0 Å². The van der Waals surface area contributed by atoms with Gasteiger partial charge in [-0.1, -0.05) is 36.8 Å². The van der Waals surface area contributed by atoms with Gasteiger partial charge in [-0.25, -0.2) is 4.98 Å². The number of aryl methyl sites for hydroxylation is 1. The van der Waals surface area contributed by atoms with Gasteiger partial charge in [0.15, 0.2) is 0 Å². The first-order valence-electron chi connectivity index (χ1n) is 7.47. The molecule has 1 aromatic carbocycles. The summed E-state index contributed by atoms with van der Waals surface area (Å²) in [5, 5.41) is 4.64. The van der Waals surface area contributed by atoms with Crippen molar-refractivity contribution in [1.82, 2.24) is 14.9 Å². The minimum absolute atomic E-state index is 0.861. The Hall–Kier alpha value is -2.13. The molecular weight excluding hydrogens is 258 g/mol. The lowest BCUT2D eigenvalue weighted by molar-refractivity contribution is 0.724. The molecule has 21 heavy (non-hydrogen) atoms. The van der Waals surface area contributed by atoms with E-state index in [-0.39, 0.29) is 0 Å². The first kappa shape index (κ1) is 13.8. The van der Waals surface area contributed by atoms with Crippen LogP contribution in [0.4, 0.5) is 0 Å². The summed E-state index contributed by atoms with van der Waals surface area (Å²) in [5.74, 6) is 0. The Bertz CT molecular complexity index is 726. The fraction of sp³-hybridized carbons (Fsp3) is 0.278. The van der Waals surface area contributed by atoms with Gasteiger partial charge in [0.2, 0.25) is 0 Å². The summed E-state index contributed by atoms with van der Waals surface area (Å²) in [6, 6.07) is 12.9. The predicted molar refractivity (Wildman–Crippen MR) is 87.4 cm³/mol. The van der Waals surface area contributed by atoms with E-state index in [0.29, 0.717) is 0 Å². The fourth-order valence-electron chi connectivity index (χ4n) is 2.61. The number of nitrogens with one attached hydrogen (secondary N) is 1. The van der Waals surface area contributed by atoms with Gasteiger partial charge >= 0.3 is 0 Å². The van der Waals surface area contributed by atoms with Crippen LogP contribution in [-0.2, 0) is 13.1 Å². The van der Waals surface area contributed by atoms with Gasteiger partial charge in [-0.15, -0.1) is 0 Å². The third-order valence-corrected chi connectivity index (χ3v) is 3.76. The molecule has 2 heterocycles.